The number of benzene rings is 2. The monoisotopic (exact) mass is 284 g/mol. The number of hydrogen-bond acceptors (Lipinski definition) is 3. The first-order valence-corrected chi connectivity index (χ1v) is 7.42. The Morgan fingerprint density at radius 3 is 2.52 bits per heavy atom. The standard InChI is InChI=1S/C18H20O3/c1-2-19-17(12-14-6-4-3-5-7-14)15-8-9-16-18(13-15)21-11-10-20-16/h3-9,13,17H,2,10-12H2,1H3. The van der Waals surface area contributed by atoms with Crippen LogP contribution in [0.5, 0.6) is 11.5 Å². The van der Waals surface area contributed by atoms with Gasteiger partial charge in [-0.3, -0.25) is 0 Å². The molecule has 2 aromatic carbocycles. The lowest BCUT2D eigenvalue weighted by molar-refractivity contribution is 0.0623. The average molecular weight is 284 g/mol. The van der Waals surface area contributed by atoms with Gasteiger partial charge in [0.2, 0.25) is 0 Å². The van der Waals surface area contributed by atoms with Crippen LogP contribution in [0.3, 0.4) is 0 Å². The molecule has 0 saturated carbocycles. The van der Waals surface area contributed by atoms with E-state index >= 15 is 0 Å². The Morgan fingerprint density at radius 2 is 1.76 bits per heavy atom. The second-order valence-electron chi connectivity index (χ2n) is 5.04. The number of ether oxygens (including phenoxy) is 3. The van der Waals surface area contributed by atoms with Crippen LogP contribution in [-0.4, -0.2) is 19.8 Å². The average Bonchev–Trinajstić information content (AvgIpc) is 2.55. The normalized spacial score (nSPS) is 14.7. The second kappa shape index (κ2) is 6.64. The van der Waals surface area contributed by atoms with E-state index in [0.717, 1.165) is 23.5 Å². The van der Waals surface area contributed by atoms with Crippen LogP contribution in [0.15, 0.2) is 48.5 Å². The molecule has 0 aromatic heterocycles. The molecule has 1 unspecified atom stereocenters. The van der Waals surface area contributed by atoms with Gasteiger partial charge in [-0.1, -0.05) is 36.4 Å². The molecule has 0 bridgehead atoms. The molecule has 21 heavy (non-hydrogen) atoms. The lowest BCUT2D eigenvalue weighted by Gasteiger charge is -2.22. The molecule has 1 heterocycles. The Kier molecular flexibility index (Phi) is 4.41. The molecule has 3 nitrogen and oxygen atoms in total. The summed E-state index contributed by atoms with van der Waals surface area (Å²) in [6.07, 6.45) is 0.891. The Bertz CT molecular complexity index is 580. The van der Waals surface area contributed by atoms with E-state index in [-0.39, 0.29) is 6.10 Å². The van der Waals surface area contributed by atoms with Gasteiger partial charge in [0.05, 0.1) is 6.10 Å². The predicted octanol–water partition coefficient (Wildman–Crippen LogP) is 3.78. The highest BCUT2D eigenvalue weighted by Crippen LogP contribution is 2.34. The van der Waals surface area contributed by atoms with Gasteiger partial charge in [-0.2, -0.15) is 0 Å². The summed E-state index contributed by atoms with van der Waals surface area (Å²) in [5.74, 6) is 1.64. The molecule has 1 aliphatic rings. The van der Waals surface area contributed by atoms with Crippen molar-refractivity contribution in [2.24, 2.45) is 0 Å². The Hall–Kier alpha value is -2.00. The van der Waals surface area contributed by atoms with Gasteiger partial charge in [0, 0.05) is 13.0 Å². The molecule has 0 saturated heterocycles. The van der Waals surface area contributed by atoms with Gasteiger partial charge in [0.15, 0.2) is 11.5 Å². The Labute approximate surface area is 125 Å². The maximum absolute atomic E-state index is 5.93. The zero-order valence-corrected chi connectivity index (χ0v) is 12.2. The third-order valence-electron chi connectivity index (χ3n) is 3.57. The number of hydrogen-bond donors (Lipinski definition) is 0. The summed E-state index contributed by atoms with van der Waals surface area (Å²) in [7, 11) is 0. The maximum Gasteiger partial charge on any atom is 0.161 e. The van der Waals surface area contributed by atoms with Gasteiger partial charge in [0.1, 0.15) is 13.2 Å². The molecule has 0 spiro atoms. The van der Waals surface area contributed by atoms with Crippen molar-refractivity contribution in [1.82, 2.24) is 0 Å². The van der Waals surface area contributed by atoms with E-state index in [9.17, 15) is 0 Å². The fourth-order valence-electron chi connectivity index (χ4n) is 2.56. The van der Waals surface area contributed by atoms with Crippen molar-refractivity contribution < 1.29 is 14.2 Å². The lowest BCUT2D eigenvalue weighted by atomic mass is 10.0. The van der Waals surface area contributed by atoms with Crippen LogP contribution in [0.2, 0.25) is 0 Å². The van der Waals surface area contributed by atoms with E-state index in [4.69, 9.17) is 14.2 Å². The van der Waals surface area contributed by atoms with Crippen molar-refractivity contribution in [3.8, 4) is 11.5 Å². The van der Waals surface area contributed by atoms with Gasteiger partial charge < -0.3 is 14.2 Å². The smallest absolute Gasteiger partial charge is 0.161 e. The highest BCUT2D eigenvalue weighted by Gasteiger charge is 2.17. The molecule has 0 N–H and O–H groups in total. The van der Waals surface area contributed by atoms with Crippen LogP contribution in [0.1, 0.15) is 24.2 Å². The zero-order chi connectivity index (χ0) is 14.5. The summed E-state index contributed by atoms with van der Waals surface area (Å²) < 4.78 is 17.2. The molecular formula is C18H20O3. The minimum absolute atomic E-state index is 0.0354. The summed E-state index contributed by atoms with van der Waals surface area (Å²) in [4.78, 5) is 0. The Morgan fingerprint density at radius 1 is 1.00 bits per heavy atom. The highest BCUT2D eigenvalue weighted by atomic mass is 16.6. The van der Waals surface area contributed by atoms with Crippen molar-refractivity contribution in [3.63, 3.8) is 0 Å². The molecule has 0 radical (unpaired) electrons. The topological polar surface area (TPSA) is 27.7 Å². The van der Waals surface area contributed by atoms with Crippen molar-refractivity contribution in [2.45, 2.75) is 19.4 Å². The molecule has 0 aliphatic carbocycles. The minimum atomic E-state index is 0.0354. The van der Waals surface area contributed by atoms with Gasteiger partial charge in [0.25, 0.3) is 0 Å². The van der Waals surface area contributed by atoms with Crippen molar-refractivity contribution in [2.75, 3.05) is 19.8 Å². The summed E-state index contributed by atoms with van der Waals surface area (Å²) in [5, 5.41) is 0. The third kappa shape index (κ3) is 3.37. The number of rotatable bonds is 5. The first kappa shape index (κ1) is 14.0. The molecule has 0 fully saturated rings. The fourth-order valence-corrected chi connectivity index (χ4v) is 2.56. The lowest BCUT2D eigenvalue weighted by Crippen LogP contribution is -2.16. The second-order valence-corrected chi connectivity index (χ2v) is 5.04. The summed E-state index contributed by atoms with van der Waals surface area (Å²) in [5.41, 5.74) is 2.40. The highest BCUT2D eigenvalue weighted by molar-refractivity contribution is 5.44. The van der Waals surface area contributed by atoms with Gasteiger partial charge in [-0.25, -0.2) is 0 Å². The molecule has 1 atom stereocenters. The quantitative estimate of drug-likeness (QED) is 0.836. The zero-order valence-electron chi connectivity index (χ0n) is 12.2. The maximum atomic E-state index is 5.93. The van der Waals surface area contributed by atoms with Crippen molar-refractivity contribution >= 4 is 0 Å². The third-order valence-corrected chi connectivity index (χ3v) is 3.57. The largest absolute Gasteiger partial charge is 0.486 e. The van der Waals surface area contributed by atoms with Crippen LogP contribution < -0.4 is 9.47 Å². The van der Waals surface area contributed by atoms with Crippen LogP contribution in [0.25, 0.3) is 0 Å². The Balaban J connectivity index is 1.83. The molecule has 3 heteroatoms. The molecule has 1 aliphatic heterocycles. The van der Waals surface area contributed by atoms with Gasteiger partial charge in [-0.05, 0) is 30.2 Å². The molecular weight excluding hydrogens is 264 g/mol. The minimum Gasteiger partial charge on any atom is -0.486 e. The van der Waals surface area contributed by atoms with Crippen LogP contribution >= 0.6 is 0 Å². The van der Waals surface area contributed by atoms with Crippen LogP contribution in [0.4, 0.5) is 0 Å². The van der Waals surface area contributed by atoms with Crippen LogP contribution in [0, 0.1) is 0 Å². The van der Waals surface area contributed by atoms with E-state index in [1.165, 1.54) is 5.56 Å². The summed E-state index contributed by atoms with van der Waals surface area (Å²) in [6.45, 7) is 3.93. The van der Waals surface area contributed by atoms with Crippen molar-refractivity contribution in [1.29, 1.82) is 0 Å². The van der Waals surface area contributed by atoms with E-state index in [1.54, 1.807) is 0 Å². The summed E-state index contributed by atoms with van der Waals surface area (Å²) >= 11 is 0. The summed E-state index contributed by atoms with van der Waals surface area (Å²) in [6, 6.07) is 16.5. The van der Waals surface area contributed by atoms with Crippen LogP contribution in [-0.2, 0) is 11.2 Å². The SMILES string of the molecule is CCOC(Cc1ccccc1)c1ccc2c(c1)OCCO2. The molecule has 3 rings (SSSR count). The van der Waals surface area contributed by atoms with Gasteiger partial charge in [-0.15, -0.1) is 0 Å². The molecule has 110 valence electrons. The van der Waals surface area contributed by atoms with Gasteiger partial charge >= 0.3 is 0 Å². The van der Waals surface area contributed by atoms with E-state index in [1.807, 2.05) is 25.1 Å². The van der Waals surface area contributed by atoms with E-state index in [2.05, 4.69) is 30.3 Å². The van der Waals surface area contributed by atoms with Crippen molar-refractivity contribution in [3.05, 3.63) is 59.7 Å². The number of fused-ring (bicyclic) bond motifs is 1. The van der Waals surface area contributed by atoms with E-state index in [0.29, 0.717) is 19.8 Å². The van der Waals surface area contributed by atoms with E-state index < -0.39 is 0 Å². The fraction of sp³-hybridized carbons (Fsp3) is 0.333. The predicted molar refractivity (Wildman–Crippen MR) is 81.9 cm³/mol. The first-order valence-electron chi connectivity index (χ1n) is 7.42. The molecule has 0 amide bonds. The first-order chi connectivity index (χ1) is 10.4. The molecule has 2 aromatic rings.